The van der Waals surface area contributed by atoms with E-state index in [0.29, 0.717) is 22.2 Å². The second kappa shape index (κ2) is 9.39. The van der Waals surface area contributed by atoms with E-state index < -0.39 is 6.10 Å². The van der Waals surface area contributed by atoms with Gasteiger partial charge in [0.2, 0.25) is 0 Å². The molecule has 1 N–H and O–H groups in total. The molecule has 0 fully saturated rings. The van der Waals surface area contributed by atoms with Crippen molar-refractivity contribution in [2.75, 3.05) is 12.4 Å². The smallest absolute Gasteiger partial charge is 0.265 e. The van der Waals surface area contributed by atoms with E-state index in [1.165, 1.54) is 6.42 Å². The highest BCUT2D eigenvalue weighted by atomic mass is 35.5. The summed E-state index contributed by atoms with van der Waals surface area (Å²) in [7, 11) is 1.54. The maximum Gasteiger partial charge on any atom is 0.265 e. The van der Waals surface area contributed by atoms with Crippen LogP contribution in [0.5, 0.6) is 11.5 Å². The van der Waals surface area contributed by atoms with Crippen LogP contribution in [0.2, 0.25) is 5.02 Å². The summed E-state index contributed by atoms with van der Waals surface area (Å²) in [5, 5.41) is 12.0. The number of nitrogens with zero attached hydrogens (tertiary/aromatic N) is 3. The minimum atomic E-state index is -0.702. The first-order valence-corrected chi connectivity index (χ1v) is 10.8. The molecule has 0 aliphatic carbocycles. The number of benzene rings is 2. The molecule has 3 aromatic rings. The van der Waals surface area contributed by atoms with Gasteiger partial charge in [0.05, 0.1) is 12.1 Å². The number of carbonyl (C=O) groups is 1. The molecule has 1 aromatic heterocycles. The summed E-state index contributed by atoms with van der Waals surface area (Å²) >= 11 is 6.13. The lowest BCUT2D eigenvalue weighted by molar-refractivity contribution is -0.122. The van der Waals surface area contributed by atoms with Gasteiger partial charge in [-0.15, -0.1) is 10.2 Å². The van der Waals surface area contributed by atoms with Crippen LogP contribution in [0.4, 0.5) is 5.69 Å². The number of methoxy groups -OCH3 is 1. The van der Waals surface area contributed by atoms with Crippen molar-refractivity contribution in [3.63, 3.8) is 0 Å². The number of aromatic nitrogens is 3. The van der Waals surface area contributed by atoms with Gasteiger partial charge in [0.15, 0.2) is 11.9 Å². The molecule has 0 radical (unpaired) electrons. The fourth-order valence-corrected chi connectivity index (χ4v) is 3.91. The van der Waals surface area contributed by atoms with Crippen molar-refractivity contribution in [3.8, 4) is 22.9 Å². The molecule has 1 aliphatic heterocycles. The van der Waals surface area contributed by atoms with Crippen molar-refractivity contribution in [1.29, 1.82) is 0 Å². The lowest BCUT2D eigenvalue weighted by atomic mass is 10.2. The van der Waals surface area contributed by atoms with Crippen LogP contribution in [-0.2, 0) is 17.8 Å². The van der Waals surface area contributed by atoms with E-state index in [4.69, 9.17) is 21.1 Å². The quantitative estimate of drug-likeness (QED) is 0.599. The summed E-state index contributed by atoms with van der Waals surface area (Å²) in [4.78, 5) is 12.6. The van der Waals surface area contributed by atoms with E-state index >= 15 is 0 Å². The number of nitrogens with one attached hydrogen (secondary N) is 1. The molecule has 0 spiro atoms. The van der Waals surface area contributed by atoms with Gasteiger partial charge >= 0.3 is 0 Å². The number of anilines is 1. The largest absolute Gasteiger partial charge is 0.495 e. The molecule has 0 saturated heterocycles. The third-order valence-corrected chi connectivity index (χ3v) is 5.60. The van der Waals surface area contributed by atoms with Crippen molar-refractivity contribution in [1.82, 2.24) is 14.8 Å². The van der Waals surface area contributed by atoms with Crippen LogP contribution in [0.25, 0.3) is 11.4 Å². The highest BCUT2D eigenvalue weighted by Crippen LogP contribution is 2.28. The van der Waals surface area contributed by atoms with Crippen LogP contribution < -0.4 is 14.8 Å². The monoisotopic (exact) mass is 440 g/mol. The summed E-state index contributed by atoms with van der Waals surface area (Å²) in [5.41, 5.74) is 1.50. The Hall–Kier alpha value is -3.06. The number of rotatable bonds is 6. The van der Waals surface area contributed by atoms with Crippen LogP contribution in [0.3, 0.4) is 0 Å². The van der Waals surface area contributed by atoms with E-state index in [2.05, 4.69) is 20.1 Å². The van der Waals surface area contributed by atoms with Gasteiger partial charge < -0.3 is 19.4 Å². The Kier molecular flexibility index (Phi) is 6.42. The third-order valence-electron chi connectivity index (χ3n) is 5.30. The topological polar surface area (TPSA) is 78.3 Å². The predicted molar refractivity (Wildman–Crippen MR) is 120 cm³/mol. The number of carbonyl (C=O) groups excluding carboxylic acids is 1. The van der Waals surface area contributed by atoms with E-state index in [-0.39, 0.29) is 5.91 Å². The first-order valence-electron chi connectivity index (χ1n) is 10.4. The van der Waals surface area contributed by atoms with Crippen molar-refractivity contribution in [2.45, 2.75) is 45.3 Å². The standard InChI is InChI=1S/C23H25ClN4O3/c1-15(23(29)25-17-10-11-20(30-2)19(24)14-17)31-18-8-6-7-16(13-18)22-27-26-21-9-4-3-5-12-28(21)22/h6-8,10-11,13-15H,3-5,9,12H2,1-2H3,(H,25,29). The molecule has 162 valence electrons. The molecule has 1 unspecified atom stereocenters. The summed E-state index contributed by atoms with van der Waals surface area (Å²) in [6.45, 7) is 2.63. The Balaban J connectivity index is 1.46. The van der Waals surface area contributed by atoms with Crippen LogP contribution >= 0.6 is 11.6 Å². The molecule has 4 rings (SSSR count). The van der Waals surface area contributed by atoms with E-state index in [1.807, 2.05) is 24.3 Å². The van der Waals surface area contributed by atoms with Gasteiger partial charge in [-0.2, -0.15) is 0 Å². The molecule has 2 aromatic carbocycles. The SMILES string of the molecule is COc1ccc(NC(=O)C(C)Oc2cccc(-c3nnc4n3CCCCC4)c2)cc1Cl. The Morgan fingerprint density at radius 3 is 2.84 bits per heavy atom. The number of aryl methyl sites for hydroxylation is 1. The Bertz CT molecular complexity index is 1080. The molecular formula is C23H25ClN4O3. The molecule has 8 heteroatoms. The lowest BCUT2D eigenvalue weighted by Crippen LogP contribution is -2.30. The first kappa shape index (κ1) is 21.2. The normalized spacial score (nSPS) is 14.3. The van der Waals surface area contributed by atoms with Crippen molar-refractivity contribution >= 4 is 23.2 Å². The molecule has 7 nitrogen and oxygen atoms in total. The zero-order valence-electron chi connectivity index (χ0n) is 17.6. The predicted octanol–water partition coefficient (Wildman–Crippen LogP) is 4.74. The number of hydrogen-bond donors (Lipinski definition) is 1. The maximum absolute atomic E-state index is 12.6. The summed E-state index contributed by atoms with van der Waals surface area (Å²) < 4.78 is 13.2. The minimum Gasteiger partial charge on any atom is -0.495 e. The van der Waals surface area contributed by atoms with E-state index in [0.717, 1.165) is 43.0 Å². The van der Waals surface area contributed by atoms with Gasteiger partial charge in [-0.3, -0.25) is 4.79 Å². The van der Waals surface area contributed by atoms with Gasteiger partial charge in [-0.1, -0.05) is 30.2 Å². The van der Waals surface area contributed by atoms with Gasteiger partial charge in [0.1, 0.15) is 17.3 Å². The fourth-order valence-electron chi connectivity index (χ4n) is 3.65. The fraction of sp³-hybridized carbons (Fsp3) is 0.348. The van der Waals surface area contributed by atoms with Crippen LogP contribution in [0.1, 0.15) is 32.0 Å². The lowest BCUT2D eigenvalue weighted by Gasteiger charge is -2.16. The summed E-state index contributed by atoms with van der Waals surface area (Å²) in [6.07, 6.45) is 3.73. The number of hydrogen-bond acceptors (Lipinski definition) is 5. The highest BCUT2D eigenvalue weighted by Gasteiger charge is 2.18. The number of ether oxygens (including phenoxy) is 2. The number of fused-ring (bicyclic) bond motifs is 1. The van der Waals surface area contributed by atoms with Crippen LogP contribution in [0.15, 0.2) is 42.5 Å². The zero-order valence-corrected chi connectivity index (χ0v) is 18.4. The molecule has 1 amide bonds. The highest BCUT2D eigenvalue weighted by molar-refractivity contribution is 6.32. The second-order valence-electron chi connectivity index (χ2n) is 7.53. The molecule has 1 atom stereocenters. The van der Waals surface area contributed by atoms with E-state index in [1.54, 1.807) is 32.2 Å². The van der Waals surface area contributed by atoms with Crippen molar-refractivity contribution in [2.24, 2.45) is 0 Å². The summed E-state index contributed by atoms with van der Waals surface area (Å²) in [6, 6.07) is 12.7. The van der Waals surface area contributed by atoms with Crippen LogP contribution in [0, 0.1) is 0 Å². The minimum absolute atomic E-state index is 0.275. The first-order chi connectivity index (χ1) is 15.0. The van der Waals surface area contributed by atoms with Gasteiger partial charge in [-0.25, -0.2) is 0 Å². The van der Waals surface area contributed by atoms with Gasteiger partial charge in [0, 0.05) is 24.2 Å². The third kappa shape index (κ3) is 4.82. The van der Waals surface area contributed by atoms with Gasteiger partial charge in [0.25, 0.3) is 5.91 Å². The Labute approximate surface area is 186 Å². The number of halogens is 1. The average molecular weight is 441 g/mol. The molecule has 2 heterocycles. The van der Waals surface area contributed by atoms with Crippen LogP contribution in [-0.4, -0.2) is 33.9 Å². The van der Waals surface area contributed by atoms with Gasteiger partial charge in [-0.05, 0) is 50.1 Å². The molecule has 31 heavy (non-hydrogen) atoms. The van der Waals surface area contributed by atoms with Crippen molar-refractivity contribution < 1.29 is 14.3 Å². The molecule has 0 bridgehead atoms. The Morgan fingerprint density at radius 2 is 2.03 bits per heavy atom. The second-order valence-corrected chi connectivity index (χ2v) is 7.94. The van der Waals surface area contributed by atoms with E-state index in [9.17, 15) is 4.79 Å². The average Bonchev–Trinajstić information content (AvgIpc) is 3.02. The molecule has 1 aliphatic rings. The molecular weight excluding hydrogens is 416 g/mol. The number of amides is 1. The summed E-state index contributed by atoms with van der Waals surface area (Å²) in [5.74, 6) is 2.74. The zero-order chi connectivity index (χ0) is 21.8. The maximum atomic E-state index is 12.6. The Morgan fingerprint density at radius 1 is 1.16 bits per heavy atom. The van der Waals surface area contributed by atoms with Crippen molar-refractivity contribution in [3.05, 3.63) is 53.3 Å². The molecule has 0 saturated carbocycles.